The third-order valence-electron chi connectivity index (χ3n) is 7.11. The largest absolute Gasteiger partial charge is 0.491 e. The Hall–Kier alpha value is -4.21. The number of nitrogens with zero attached hydrogens (tertiary/aromatic N) is 2. The summed E-state index contributed by atoms with van der Waals surface area (Å²) < 4.78 is 19.2. The average molecular weight is 520 g/mol. The number of fused-ring (bicyclic) bond motifs is 4. The van der Waals surface area contributed by atoms with Gasteiger partial charge in [0.15, 0.2) is 0 Å². The van der Waals surface area contributed by atoms with Crippen molar-refractivity contribution in [2.45, 2.75) is 45.2 Å². The van der Waals surface area contributed by atoms with Gasteiger partial charge in [0, 0.05) is 41.9 Å². The highest BCUT2D eigenvalue weighted by Gasteiger charge is 2.40. The van der Waals surface area contributed by atoms with Crippen LogP contribution < -0.4 is 15.4 Å². The van der Waals surface area contributed by atoms with Crippen molar-refractivity contribution in [2.75, 3.05) is 19.7 Å². The van der Waals surface area contributed by atoms with E-state index in [9.17, 15) is 18.8 Å². The van der Waals surface area contributed by atoms with E-state index in [2.05, 4.69) is 20.6 Å². The molecule has 2 aromatic carbocycles. The van der Waals surface area contributed by atoms with Crippen LogP contribution in [0.5, 0.6) is 5.75 Å². The molecule has 2 atom stereocenters. The molecule has 3 amide bonds. The highest BCUT2D eigenvalue weighted by Crippen LogP contribution is 2.30. The molecule has 38 heavy (non-hydrogen) atoms. The highest BCUT2D eigenvalue weighted by atomic mass is 19.1. The number of halogens is 1. The van der Waals surface area contributed by atoms with E-state index in [-0.39, 0.29) is 60.9 Å². The molecular weight excluding hydrogens is 489 g/mol. The number of ether oxygens (including phenoxy) is 1. The van der Waals surface area contributed by atoms with Crippen molar-refractivity contribution in [1.82, 2.24) is 25.5 Å². The van der Waals surface area contributed by atoms with Gasteiger partial charge < -0.3 is 25.3 Å². The second-order valence-electron chi connectivity index (χ2n) is 9.76. The van der Waals surface area contributed by atoms with Gasteiger partial charge >= 0.3 is 0 Å². The maximum atomic E-state index is 13.9. The Kier molecular flexibility index (Phi) is 7.13. The number of aromatic nitrogens is 2. The molecule has 9 nitrogen and oxygen atoms in total. The van der Waals surface area contributed by atoms with Crippen molar-refractivity contribution < 1.29 is 23.5 Å². The highest BCUT2D eigenvalue weighted by molar-refractivity contribution is 5.96. The number of carbonyl (C=O) groups is 3. The van der Waals surface area contributed by atoms with Crippen molar-refractivity contribution in [3.05, 3.63) is 70.8 Å². The SMILES string of the molecule is Cc1ccc2cc1OCCNC(=O)C[C@@H]1CC[C@H](CNC2=O)N1C(=O)c1nc(-c2ccc(F)cc2)[nH]c1C. The first-order chi connectivity index (χ1) is 18.3. The van der Waals surface area contributed by atoms with Crippen molar-refractivity contribution in [3.8, 4) is 17.1 Å². The van der Waals surface area contributed by atoms with Crippen molar-refractivity contribution >= 4 is 17.7 Å². The number of nitrogens with one attached hydrogen (secondary N) is 3. The first-order valence-electron chi connectivity index (χ1n) is 12.7. The molecule has 5 rings (SSSR count). The zero-order chi connectivity index (χ0) is 26.8. The van der Waals surface area contributed by atoms with Crippen LogP contribution in [0.15, 0.2) is 42.5 Å². The fourth-order valence-electron chi connectivity index (χ4n) is 5.08. The fraction of sp³-hybridized carbons (Fsp3) is 0.357. The number of imidazole rings is 1. The van der Waals surface area contributed by atoms with E-state index < -0.39 is 0 Å². The standard InChI is InChI=1S/C28H30FN5O4/c1-16-3-4-19-13-23(16)38-12-11-30-24(35)14-21-9-10-22(15-31-27(19)36)34(21)28(37)25-17(2)32-26(33-25)18-5-7-20(29)8-6-18/h3-8,13,21-22H,9-12,14-15H2,1-2H3,(H,30,35)(H,31,36)(H,32,33)/t21-,22+/m0/s1. The zero-order valence-electron chi connectivity index (χ0n) is 21.3. The Labute approximate surface area is 219 Å². The number of aromatic amines is 1. The Bertz CT molecular complexity index is 1370. The molecule has 0 radical (unpaired) electrons. The molecule has 1 aromatic heterocycles. The molecule has 4 bridgehead atoms. The van der Waals surface area contributed by atoms with Crippen LogP contribution in [-0.4, -0.2) is 64.4 Å². The number of carbonyl (C=O) groups excluding carboxylic acids is 3. The summed E-state index contributed by atoms with van der Waals surface area (Å²) in [4.78, 5) is 48.9. The summed E-state index contributed by atoms with van der Waals surface area (Å²) in [5.74, 6) is -0.0626. The first-order valence-corrected chi connectivity index (χ1v) is 12.7. The van der Waals surface area contributed by atoms with Gasteiger partial charge in [-0.05, 0) is 68.7 Å². The van der Waals surface area contributed by atoms with Crippen LogP contribution in [0.2, 0.25) is 0 Å². The first kappa shape index (κ1) is 25.4. The lowest BCUT2D eigenvalue weighted by molar-refractivity contribution is -0.122. The number of hydrogen-bond acceptors (Lipinski definition) is 5. The maximum absolute atomic E-state index is 13.9. The zero-order valence-corrected chi connectivity index (χ0v) is 21.3. The van der Waals surface area contributed by atoms with Gasteiger partial charge in [0.2, 0.25) is 5.91 Å². The normalized spacial score (nSPS) is 20.1. The van der Waals surface area contributed by atoms with Crippen LogP contribution in [0.3, 0.4) is 0 Å². The third kappa shape index (κ3) is 5.25. The van der Waals surface area contributed by atoms with Gasteiger partial charge in [-0.3, -0.25) is 14.4 Å². The van der Waals surface area contributed by atoms with Crippen LogP contribution >= 0.6 is 0 Å². The lowest BCUT2D eigenvalue weighted by Gasteiger charge is -2.30. The summed E-state index contributed by atoms with van der Waals surface area (Å²) in [5.41, 5.74) is 2.82. The molecule has 3 heterocycles. The molecule has 1 saturated heterocycles. The molecule has 3 aromatic rings. The van der Waals surface area contributed by atoms with Gasteiger partial charge in [0.25, 0.3) is 11.8 Å². The van der Waals surface area contributed by atoms with Gasteiger partial charge in [0.05, 0.1) is 6.54 Å². The van der Waals surface area contributed by atoms with Gasteiger partial charge in [-0.25, -0.2) is 9.37 Å². The molecule has 1 fully saturated rings. The van der Waals surface area contributed by atoms with Crippen molar-refractivity contribution in [1.29, 1.82) is 0 Å². The summed E-state index contributed by atoms with van der Waals surface area (Å²) in [5, 5.41) is 5.83. The molecular formula is C28H30FN5O4. The van der Waals surface area contributed by atoms with E-state index >= 15 is 0 Å². The Morgan fingerprint density at radius 3 is 2.55 bits per heavy atom. The number of benzene rings is 2. The van der Waals surface area contributed by atoms with E-state index in [4.69, 9.17) is 4.74 Å². The van der Waals surface area contributed by atoms with Gasteiger partial charge in [-0.2, -0.15) is 0 Å². The second kappa shape index (κ2) is 10.6. The molecule has 0 saturated carbocycles. The maximum Gasteiger partial charge on any atom is 0.274 e. The predicted octanol–water partition coefficient (Wildman–Crippen LogP) is 3.13. The van der Waals surface area contributed by atoms with Crippen molar-refractivity contribution in [2.24, 2.45) is 0 Å². The van der Waals surface area contributed by atoms with E-state index in [1.165, 1.54) is 12.1 Å². The van der Waals surface area contributed by atoms with E-state index in [0.29, 0.717) is 47.8 Å². The lowest BCUT2D eigenvalue weighted by atomic mass is 10.1. The summed E-state index contributed by atoms with van der Waals surface area (Å²) >= 11 is 0. The van der Waals surface area contributed by atoms with E-state index in [1.54, 1.807) is 36.1 Å². The molecule has 198 valence electrons. The Balaban J connectivity index is 1.42. The molecule has 2 aliphatic heterocycles. The number of rotatable bonds is 2. The summed E-state index contributed by atoms with van der Waals surface area (Å²) in [6.07, 6.45) is 1.40. The van der Waals surface area contributed by atoms with Gasteiger partial charge in [-0.15, -0.1) is 0 Å². The molecule has 2 aliphatic rings. The summed E-state index contributed by atoms with van der Waals surface area (Å²) in [7, 11) is 0. The predicted molar refractivity (Wildman–Crippen MR) is 138 cm³/mol. The molecule has 3 N–H and O–H groups in total. The smallest absolute Gasteiger partial charge is 0.274 e. The van der Waals surface area contributed by atoms with Crippen molar-refractivity contribution in [3.63, 3.8) is 0 Å². The van der Waals surface area contributed by atoms with E-state index in [0.717, 1.165) is 5.56 Å². The minimum Gasteiger partial charge on any atom is -0.491 e. The fourth-order valence-corrected chi connectivity index (χ4v) is 5.08. The third-order valence-corrected chi connectivity index (χ3v) is 7.11. The van der Waals surface area contributed by atoms with Gasteiger partial charge in [-0.1, -0.05) is 6.07 Å². The lowest BCUT2D eigenvalue weighted by Crippen LogP contribution is -2.48. The average Bonchev–Trinajstić information content (AvgIpc) is 3.48. The van der Waals surface area contributed by atoms with Gasteiger partial charge in [0.1, 0.15) is 29.7 Å². The summed E-state index contributed by atoms with van der Waals surface area (Å²) in [6, 6.07) is 10.5. The van der Waals surface area contributed by atoms with Crippen LogP contribution in [0.4, 0.5) is 4.39 Å². The Morgan fingerprint density at radius 1 is 1.03 bits per heavy atom. The molecule has 0 spiro atoms. The molecule has 0 aliphatic carbocycles. The van der Waals surface area contributed by atoms with Crippen LogP contribution in [0.25, 0.3) is 11.4 Å². The second-order valence-corrected chi connectivity index (χ2v) is 9.76. The molecule has 0 unspecified atom stereocenters. The number of amides is 3. The van der Waals surface area contributed by atoms with Crippen LogP contribution in [0, 0.1) is 19.7 Å². The monoisotopic (exact) mass is 519 g/mol. The minimum atomic E-state index is -0.361. The number of hydrogen-bond donors (Lipinski definition) is 3. The number of H-pyrrole nitrogens is 1. The van der Waals surface area contributed by atoms with Crippen LogP contribution in [0.1, 0.15) is 51.4 Å². The van der Waals surface area contributed by atoms with E-state index in [1.807, 2.05) is 13.0 Å². The van der Waals surface area contributed by atoms with Crippen LogP contribution in [-0.2, 0) is 4.79 Å². The number of aryl methyl sites for hydroxylation is 2. The topological polar surface area (TPSA) is 116 Å². The Morgan fingerprint density at radius 2 is 1.76 bits per heavy atom. The quantitative estimate of drug-likeness (QED) is 0.481. The minimum absolute atomic E-state index is 0.136. The molecule has 10 heteroatoms. The summed E-state index contributed by atoms with van der Waals surface area (Å²) in [6.45, 7) is 4.45.